The molecule has 0 aliphatic carbocycles. The van der Waals surface area contributed by atoms with Gasteiger partial charge in [0.25, 0.3) is 0 Å². The Morgan fingerprint density at radius 3 is 2.21 bits per heavy atom. The first-order chi connectivity index (χ1) is 6.30. The van der Waals surface area contributed by atoms with Gasteiger partial charge >= 0.3 is 12.1 Å². The number of ether oxygens (including phenoxy) is 1. The molecule has 0 aromatic rings. The van der Waals surface area contributed by atoms with E-state index in [1.54, 1.807) is 0 Å². The quantitative estimate of drug-likeness (QED) is 0.435. The fourth-order valence-electron chi connectivity index (χ4n) is 0.634. The lowest BCUT2D eigenvalue weighted by Crippen LogP contribution is -2.42. The lowest BCUT2D eigenvalue weighted by Gasteiger charge is -2.15. The van der Waals surface area contributed by atoms with E-state index in [0.29, 0.717) is 0 Å². The van der Waals surface area contributed by atoms with Crippen LogP contribution < -0.4 is 5.73 Å². The highest BCUT2D eigenvalue weighted by molar-refractivity contribution is 6.18. The number of halogens is 4. The smallest absolute Gasteiger partial charge is 0.411 e. The fraction of sp³-hybridized carbons (Fsp3) is 0.667. The van der Waals surface area contributed by atoms with E-state index in [1.165, 1.54) is 0 Å². The van der Waals surface area contributed by atoms with Crippen LogP contribution in [0, 0.1) is 5.92 Å². The molecular weight excluding hydrogens is 227 g/mol. The second kappa shape index (κ2) is 5.04. The lowest BCUT2D eigenvalue weighted by atomic mass is 10.1. The number of amides is 1. The monoisotopic (exact) mass is 233 g/mol. The maximum atomic E-state index is 12.0. The summed E-state index contributed by atoms with van der Waals surface area (Å²) >= 11 is 5.07. The second-order valence-corrected chi connectivity index (χ2v) is 2.61. The first kappa shape index (κ1) is 13.0. The van der Waals surface area contributed by atoms with Gasteiger partial charge in [-0.2, -0.15) is 13.2 Å². The Labute approximate surface area is 82.1 Å². The van der Waals surface area contributed by atoms with Crippen molar-refractivity contribution in [3.8, 4) is 0 Å². The topological polar surface area (TPSA) is 69.4 Å². The van der Waals surface area contributed by atoms with Crippen molar-refractivity contribution >= 4 is 23.5 Å². The van der Waals surface area contributed by atoms with Gasteiger partial charge in [0.15, 0.2) is 0 Å². The molecule has 0 aromatic carbocycles. The largest absolute Gasteiger partial charge is 0.464 e. The Hall–Kier alpha value is -0.980. The molecule has 1 amide bonds. The van der Waals surface area contributed by atoms with E-state index in [4.69, 9.17) is 11.6 Å². The van der Waals surface area contributed by atoms with Gasteiger partial charge < -0.3 is 10.5 Å². The van der Waals surface area contributed by atoms with Crippen LogP contribution >= 0.6 is 11.6 Å². The zero-order valence-electron chi connectivity index (χ0n) is 6.81. The summed E-state index contributed by atoms with van der Waals surface area (Å²) in [5.41, 5.74) is 4.40. The third-order valence-corrected chi connectivity index (χ3v) is 1.32. The molecule has 0 unspecified atom stereocenters. The van der Waals surface area contributed by atoms with Crippen LogP contribution in [0.4, 0.5) is 13.2 Å². The minimum absolute atomic E-state index is 0.158. The zero-order valence-corrected chi connectivity index (χ0v) is 7.56. The van der Waals surface area contributed by atoms with Gasteiger partial charge in [-0.15, -0.1) is 11.6 Å². The molecule has 0 radical (unpaired) electrons. The van der Waals surface area contributed by atoms with Crippen LogP contribution in [-0.4, -0.2) is 30.5 Å². The van der Waals surface area contributed by atoms with E-state index in [2.05, 4.69) is 10.5 Å². The minimum atomic E-state index is -5.03. The van der Waals surface area contributed by atoms with Crippen molar-refractivity contribution < 1.29 is 27.5 Å². The van der Waals surface area contributed by atoms with Crippen LogP contribution in [0.25, 0.3) is 0 Å². The highest BCUT2D eigenvalue weighted by Crippen LogP contribution is 2.26. The molecule has 0 heterocycles. The average Bonchev–Trinajstić information content (AvgIpc) is 1.97. The number of hydrogen-bond donors (Lipinski definition) is 1. The third kappa shape index (κ3) is 3.82. The van der Waals surface area contributed by atoms with E-state index in [1.807, 2.05) is 0 Å². The standard InChI is InChI=1S/C6H7ClF3NO3/c7-1-2-14-5(13)3(4(11)12)6(8,9)10/h3H,1-2H2,(H2,11,12)/t3-/m1/s1. The fourth-order valence-corrected chi connectivity index (χ4v) is 0.711. The summed E-state index contributed by atoms with van der Waals surface area (Å²) in [6.07, 6.45) is -5.03. The molecule has 0 bridgehead atoms. The lowest BCUT2D eigenvalue weighted by molar-refractivity contribution is -0.197. The van der Waals surface area contributed by atoms with Crippen molar-refractivity contribution in [2.45, 2.75) is 6.18 Å². The van der Waals surface area contributed by atoms with Crippen molar-refractivity contribution in [1.82, 2.24) is 0 Å². The number of esters is 1. The van der Waals surface area contributed by atoms with E-state index in [0.717, 1.165) is 0 Å². The van der Waals surface area contributed by atoms with Crippen LogP contribution in [-0.2, 0) is 14.3 Å². The normalized spacial score (nSPS) is 13.4. The van der Waals surface area contributed by atoms with Crippen molar-refractivity contribution in [2.75, 3.05) is 12.5 Å². The van der Waals surface area contributed by atoms with E-state index in [9.17, 15) is 22.8 Å². The summed E-state index contributed by atoms with van der Waals surface area (Å²) in [7, 11) is 0. The molecule has 1 atom stereocenters. The highest BCUT2D eigenvalue weighted by Gasteiger charge is 2.50. The van der Waals surface area contributed by atoms with Gasteiger partial charge in [0, 0.05) is 0 Å². The Kier molecular flexibility index (Phi) is 4.69. The first-order valence-corrected chi connectivity index (χ1v) is 3.92. The highest BCUT2D eigenvalue weighted by atomic mass is 35.5. The SMILES string of the molecule is NC(=O)[C@H](C(=O)OCCCl)C(F)(F)F. The van der Waals surface area contributed by atoms with Crippen LogP contribution in [0.15, 0.2) is 0 Å². The van der Waals surface area contributed by atoms with Gasteiger partial charge in [0.1, 0.15) is 6.61 Å². The Bertz CT molecular complexity index is 231. The molecule has 8 heteroatoms. The number of hydrogen-bond acceptors (Lipinski definition) is 3. The van der Waals surface area contributed by atoms with Gasteiger partial charge in [-0.3, -0.25) is 9.59 Å². The summed E-state index contributed by atoms with van der Waals surface area (Å²) < 4.78 is 40.1. The van der Waals surface area contributed by atoms with Crippen molar-refractivity contribution in [3.05, 3.63) is 0 Å². The number of nitrogens with two attached hydrogens (primary N) is 1. The Morgan fingerprint density at radius 1 is 1.43 bits per heavy atom. The first-order valence-electron chi connectivity index (χ1n) is 3.39. The van der Waals surface area contributed by atoms with E-state index < -0.39 is 30.6 Å². The van der Waals surface area contributed by atoms with Crippen LogP contribution in [0.2, 0.25) is 0 Å². The summed E-state index contributed by atoms with van der Waals surface area (Å²) in [4.78, 5) is 21.0. The summed E-state index contributed by atoms with van der Waals surface area (Å²) in [6.45, 7) is -0.403. The molecule has 0 aliphatic heterocycles. The van der Waals surface area contributed by atoms with Crippen molar-refractivity contribution in [3.63, 3.8) is 0 Å². The molecule has 82 valence electrons. The summed E-state index contributed by atoms with van der Waals surface area (Å²) in [5, 5.41) is 0. The molecule has 0 spiro atoms. The number of carbonyl (C=O) groups excluding carboxylic acids is 2. The molecule has 2 N–H and O–H groups in total. The Balaban J connectivity index is 4.51. The number of carbonyl (C=O) groups is 2. The number of rotatable bonds is 4. The van der Waals surface area contributed by atoms with Crippen molar-refractivity contribution in [1.29, 1.82) is 0 Å². The van der Waals surface area contributed by atoms with Crippen LogP contribution in [0.3, 0.4) is 0 Å². The molecule has 0 saturated carbocycles. The van der Waals surface area contributed by atoms with Crippen LogP contribution in [0.5, 0.6) is 0 Å². The van der Waals surface area contributed by atoms with Gasteiger partial charge in [-0.05, 0) is 0 Å². The van der Waals surface area contributed by atoms with Crippen LogP contribution in [0.1, 0.15) is 0 Å². The minimum Gasteiger partial charge on any atom is -0.464 e. The average molecular weight is 234 g/mol. The number of primary amides is 1. The molecule has 0 aromatic heterocycles. The van der Waals surface area contributed by atoms with Gasteiger partial charge in [-0.1, -0.05) is 0 Å². The third-order valence-electron chi connectivity index (χ3n) is 1.17. The number of alkyl halides is 4. The van der Waals surface area contributed by atoms with Gasteiger partial charge in [0.2, 0.25) is 11.8 Å². The molecule has 14 heavy (non-hydrogen) atoms. The predicted octanol–water partition coefficient (Wildman–Crippen LogP) is 0.432. The molecule has 0 aliphatic rings. The summed E-state index contributed by atoms with van der Waals surface area (Å²) in [6, 6.07) is 0. The molecule has 0 fully saturated rings. The second-order valence-electron chi connectivity index (χ2n) is 2.23. The van der Waals surface area contributed by atoms with Gasteiger partial charge in [0.05, 0.1) is 5.88 Å². The zero-order chi connectivity index (χ0) is 11.4. The molecule has 4 nitrogen and oxygen atoms in total. The van der Waals surface area contributed by atoms with Gasteiger partial charge in [-0.25, -0.2) is 0 Å². The van der Waals surface area contributed by atoms with E-state index in [-0.39, 0.29) is 5.88 Å². The Morgan fingerprint density at radius 2 is 1.93 bits per heavy atom. The maximum absolute atomic E-state index is 12.0. The summed E-state index contributed by atoms with van der Waals surface area (Å²) in [5.74, 6) is -6.61. The maximum Gasteiger partial charge on any atom is 0.411 e. The van der Waals surface area contributed by atoms with Crippen molar-refractivity contribution in [2.24, 2.45) is 11.7 Å². The molecular formula is C6H7ClF3NO3. The molecule has 0 saturated heterocycles. The predicted molar refractivity (Wildman–Crippen MR) is 40.4 cm³/mol. The van der Waals surface area contributed by atoms with E-state index >= 15 is 0 Å². The molecule has 0 rings (SSSR count).